The summed E-state index contributed by atoms with van der Waals surface area (Å²) < 4.78 is 6.90. The molecule has 3 rings (SSSR count). The molecule has 0 aliphatic heterocycles. The molecule has 0 aliphatic carbocycles. The van der Waals surface area contributed by atoms with Crippen LogP contribution in [-0.2, 0) is 0 Å². The average molecular weight is 338 g/mol. The van der Waals surface area contributed by atoms with Crippen LogP contribution >= 0.6 is 0 Å². The normalized spacial score (nSPS) is 10.4. The van der Waals surface area contributed by atoms with Crippen LogP contribution in [0.15, 0.2) is 42.7 Å². The highest BCUT2D eigenvalue weighted by molar-refractivity contribution is 6.00. The van der Waals surface area contributed by atoms with Crippen molar-refractivity contribution in [2.45, 2.75) is 13.8 Å². The third-order valence-corrected chi connectivity index (χ3v) is 3.48. The molecule has 0 fully saturated rings. The van der Waals surface area contributed by atoms with Crippen molar-refractivity contribution >= 4 is 17.5 Å². The lowest BCUT2D eigenvalue weighted by Crippen LogP contribution is -2.20. The summed E-state index contributed by atoms with van der Waals surface area (Å²) in [5.41, 5.74) is 2.40. The van der Waals surface area contributed by atoms with Gasteiger partial charge in [-0.2, -0.15) is 5.10 Å². The molecule has 0 radical (unpaired) electrons. The number of urea groups is 1. The Bertz CT molecular complexity index is 906. The van der Waals surface area contributed by atoms with Gasteiger partial charge in [0.1, 0.15) is 17.9 Å². The van der Waals surface area contributed by atoms with Gasteiger partial charge >= 0.3 is 6.03 Å². The van der Waals surface area contributed by atoms with E-state index in [0.29, 0.717) is 23.1 Å². The third kappa shape index (κ3) is 3.74. The van der Waals surface area contributed by atoms with Crippen molar-refractivity contribution in [2.75, 3.05) is 17.7 Å². The van der Waals surface area contributed by atoms with E-state index in [1.54, 1.807) is 30.0 Å². The van der Waals surface area contributed by atoms with Crippen LogP contribution in [0.5, 0.6) is 5.75 Å². The van der Waals surface area contributed by atoms with Crippen molar-refractivity contribution in [3.05, 3.63) is 54.1 Å². The maximum atomic E-state index is 12.2. The Morgan fingerprint density at radius 3 is 2.64 bits per heavy atom. The molecular weight excluding hydrogens is 320 g/mol. The maximum absolute atomic E-state index is 12.2. The standard InChI is InChI=1S/C17H18N6O2/c1-11-8-12(2)23(22-11)16-9-15(18-10-19-16)21-17(24)20-13-6-4-5-7-14(13)25-3/h4-10H,1-3H3,(H2,18,19,20,21,24). The van der Waals surface area contributed by atoms with Crippen LogP contribution in [0.3, 0.4) is 0 Å². The Hall–Kier alpha value is -3.42. The third-order valence-electron chi connectivity index (χ3n) is 3.48. The fourth-order valence-electron chi connectivity index (χ4n) is 2.41. The molecule has 0 unspecified atom stereocenters. The summed E-state index contributed by atoms with van der Waals surface area (Å²) >= 11 is 0. The number of nitrogens with zero attached hydrogens (tertiary/aromatic N) is 4. The number of ether oxygens (including phenoxy) is 1. The van der Waals surface area contributed by atoms with E-state index < -0.39 is 6.03 Å². The smallest absolute Gasteiger partial charge is 0.324 e. The number of nitrogens with one attached hydrogen (secondary N) is 2. The van der Waals surface area contributed by atoms with Crippen LogP contribution in [0, 0.1) is 13.8 Å². The van der Waals surface area contributed by atoms with E-state index in [4.69, 9.17) is 4.74 Å². The summed E-state index contributed by atoms with van der Waals surface area (Å²) in [4.78, 5) is 20.5. The minimum absolute atomic E-state index is 0.366. The second-order valence-electron chi connectivity index (χ2n) is 5.38. The molecule has 2 aromatic heterocycles. The van der Waals surface area contributed by atoms with E-state index in [1.165, 1.54) is 6.33 Å². The van der Waals surface area contributed by atoms with Gasteiger partial charge < -0.3 is 10.1 Å². The molecule has 25 heavy (non-hydrogen) atoms. The topological polar surface area (TPSA) is 94.0 Å². The molecule has 0 saturated heterocycles. The number of methoxy groups -OCH3 is 1. The Morgan fingerprint density at radius 1 is 1.12 bits per heavy atom. The number of hydrogen-bond acceptors (Lipinski definition) is 5. The lowest BCUT2D eigenvalue weighted by atomic mass is 10.3. The van der Waals surface area contributed by atoms with Gasteiger partial charge in [-0.05, 0) is 32.0 Å². The molecule has 3 aromatic rings. The van der Waals surface area contributed by atoms with Gasteiger partial charge in [0.25, 0.3) is 0 Å². The number of benzene rings is 1. The number of carbonyl (C=O) groups is 1. The van der Waals surface area contributed by atoms with Crippen LogP contribution in [0.4, 0.5) is 16.3 Å². The predicted octanol–water partition coefficient (Wildman–Crippen LogP) is 2.93. The zero-order valence-electron chi connectivity index (χ0n) is 14.1. The highest BCUT2D eigenvalue weighted by atomic mass is 16.5. The van der Waals surface area contributed by atoms with Crippen LogP contribution in [0.2, 0.25) is 0 Å². The minimum atomic E-state index is -0.428. The molecule has 8 nitrogen and oxygen atoms in total. The van der Waals surface area contributed by atoms with E-state index in [0.717, 1.165) is 11.4 Å². The number of para-hydroxylation sites is 2. The van der Waals surface area contributed by atoms with Gasteiger partial charge in [0.2, 0.25) is 0 Å². The second kappa shape index (κ2) is 7.00. The van der Waals surface area contributed by atoms with E-state index in [1.807, 2.05) is 32.0 Å². The monoisotopic (exact) mass is 338 g/mol. The van der Waals surface area contributed by atoms with Gasteiger partial charge in [-0.3, -0.25) is 5.32 Å². The number of aryl methyl sites for hydroxylation is 2. The van der Waals surface area contributed by atoms with Gasteiger partial charge in [-0.25, -0.2) is 19.4 Å². The zero-order valence-corrected chi connectivity index (χ0v) is 14.1. The molecule has 2 amide bonds. The molecule has 0 bridgehead atoms. The first-order valence-corrected chi connectivity index (χ1v) is 7.63. The summed E-state index contributed by atoms with van der Waals surface area (Å²) in [7, 11) is 1.55. The lowest BCUT2D eigenvalue weighted by molar-refractivity contribution is 0.262. The first-order chi connectivity index (χ1) is 12.1. The molecule has 2 N–H and O–H groups in total. The largest absolute Gasteiger partial charge is 0.495 e. The SMILES string of the molecule is COc1ccccc1NC(=O)Nc1cc(-n2nc(C)cc2C)ncn1. The molecule has 0 saturated carbocycles. The highest BCUT2D eigenvalue weighted by Crippen LogP contribution is 2.23. The van der Waals surface area contributed by atoms with E-state index >= 15 is 0 Å². The number of amides is 2. The first kappa shape index (κ1) is 16.4. The average Bonchev–Trinajstić information content (AvgIpc) is 2.94. The highest BCUT2D eigenvalue weighted by Gasteiger charge is 2.10. The molecule has 1 aromatic carbocycles. The number of aromatic nitrogens is 4. The molecule has 0 atom stereocenters. The first-order valence-electron chi connectivity index (χ1n) is 7.63. The summed E-state index contributed by atoms with van der Waals surface area (Å²) in [6.07, 6.45) is 1.38. The quantitative estimate of drug-likeness (QED) is 0.763. The molecule has 2 heterocycles. The van der Waals surface area contributed by atoms with E-state index in [-0.39, 0.29) is 0 Å². The van der Waals surface area contributed by atoms with Crippen molar-refractivity contribution in [2.24, 2.45) is 0 Å². The van der Waals surface area contributed by atoms with Crippen molar-refractivity contribution in [3.8, 4) is 11.6 Å². The fourth-order valence-corrected chi connectivity index (χ4v) is 2.41. The van der Waals surface area contributed by atoms with Crippen molar-refractivity contribution in [1.29, 1.82) is 0 Å². The zero-order chi connectivity index (χ0) is 17.8. The second-order valence-corrected chi connectivity index (χ2v) is 5.38. The summed E-state index contributed by atoms with van der Waals surface area (Å²) in [5.74, 6) is 1.52. The van der Waals surface area contributed by atoms with Crippen LogP contribution in [0.1, 0.15) is 11.4 Å². The molecule has 0 spiro atoms. The molecular formula is C17H18N6O2. The molecule has 0 aliphatic rings. The maximum Gasteiger partial charge on any atom is 0.324 e. The van der Waals surface area contributed by atoms with E-state index in [9.17, 15) is 4.79 Å². The minimum Gasteiger partial charge on any atom is -0.495 e. The summed E-state index contributed by atoms with van der Waals surface area (Å²) in [6.45, 7) is 3.84. The Labute approximate surface area is 144 Å². The van der Waals surface area contributed by atoms with Crippen LogP contribution < -0.4 is 15.4 Å². The van der Waals surface area contributed by atoms with Crippen molar-refractivity contribution in [1.82, 2.24) is 19.7 Å². The van der Waals surface area contributed by atoms with Gasteiger partial charge in [-0.1, -0.05) is 12.1 Å². The number of carbonyl (C=O) groups excluding carboxylic acids is 1. The number of hydrogen-bond donors (Lipinski definition) is 2. The Morgan fingerprint density at radius 2 is 1.92 bits per heavy atom. The predicted molar refractivity (Wildman–Crippen MR) is 94.3 cm³/mol. The van der Waals surface area contributed by atoms with Gasteiger partial charge in [0.15, 0.2) is 5.82 Å². The van der Waals surface area contributed by atoms with Gasteiger partial charge in [0.05, 0.1) is 18.5 Å². The van der Waals surface area contributed by atoms with Crippen molar-refractivity contribution in [3.63, 3.8) is 0 Å². The fraction of sp³-hybridized carbons (Fsp3) is 0.176. The van der Waals surface area contributed by atoms with Crippen LogP contribution in [-0.4, -0.2) is 32.9 Å². The summed E-state index contributed by atoms with van der Waals surface area (Å²) in [5, 5.41) is 9.78. The van der Waals surface area contributed by atoms with Gasteiger partial charge in [-0.15, -0.1) is 0 Å². The lowest BCUT2D eigenvalue weighted by Gasteiger charge is -2.11. The molecule has 8 heteroatoms. The molecule has 128 valence electrons. The summed E-state index contributed by atoms with van der Waals surface area (Å²) in [6, 6.07) is 10.3. The number of anilines is 2. The van der Waals surface area contributed by atoms with Crippen LogP contribution in [0.25, 0.3) is 5.82 Å². The Balaban J connectivity index is 1.76. The Kier molecular flexibility index (Phi) is 4.60. The van der Waals surface area contributed by atoms with Gasteiger partial charge in [0, 0.05) is 11.8 Å². The number of rotatable bonds is 4. The van der Waals surface area contributed by atoms with E-state index in [2.05, 4.69) is 25.7 Å². The van der Waals surface area contributed by atoms with Crippen molar-refractivity contribution < 1.29 is 9.53 Å².